The molecule has 8 heteroatoms. The Hall–Kier alpha value is -2.97. The highest BCUT2D eigenvalue weighted by Crippen LogP contribution is 2.37. The molecule has 8 nitrogen and oxygen atoms in total. The molecular formula is C28H36N6O2. The number of amides is 1. The number of piperidine rings is 1. The van der Waals surface area contributed by atoms with Crippen LogP contribution in [0, 0.1) is 17.2 Å². The molecule has 2 aliphatic heterocycles. The summed E-state index contributed by atoms with van der Waals surface area (Å²) in [6.07, 6.45) is 15.4. The molecule has 1 saturated carbocycles. The molecule has 1 unspecified atom stereocenters. The van der Waals surface area contributed by atoms with Crippen molar-refractivity contribution in [3.05, 3.63) is 48.3 Å². The minimum absolute atomic E-state index is 0.0365. The fraction of sp³-hybridized carbons (Fsp3) is 0.536. The topological polar surface area (TPSA) is 86.0 Å². The first kappa shape index (κ1) is 23.4. The number of methoxy groups -OCH3 is 1. The quantitative estimate of drug-likeness (QED) is 0.675. The number of anilines is 1. The molecule has 0 bridgehead atoms. The van der Waals surface area contributed by atoms with Gasteiger partial charge in [0.1, 0.15) is 0 Å². The summed E-state index contributed by atoms with van der Waals surface area (Å²) >= 11 is 0. The SMILES string of the molecule is CO[C@@]1(C2C=CC(c3cc4c(N5CCN(C(=O)C6CC(=N)C6)CC5)ccnn4c3)=CC2)CCCNC1. The van der Waals surface area contributed by atoms with Crippen LogP contribution in [0.4, 0.5) is 5.69 Å². The third-order valence-electron chi connectivity index (χ3n) is 8.65. The van der Waals surface area contributed by atoms with E-state index in [1.54, 1.807) is 0 Å². The van der Waals surface area contributed by atoms with Gasteiger partial charge < -0.3 is 25.3 Å². The van der Waals surface area contributed by atoms with Gasteiger partial charge in [-0.15, -0.1) is 0 Å². The maximum absolute atomic E-state index is 12.7. The first-order chi connectivity index (χ1) is 17.6. The number of nitrogens with zero attached hydrogens (tertiary/aromatic N) is 4. The summed E-state index contributed by atoms with van der Waals surface area (Å²) in [5.74, 6) is 0.646. The second-order valence-corrected chi connectivity index (χ2v) is 10.7. The minimum atomic E-state index is -0.110. The van der Waals surface area contributed by atoms with Crippen LogP contribution in [-0.4, -0.2) is 78.1 Å². The Morgan fingerprint density at radius 1 is 1.25 bits per heavy atom. The number of rotatable bonds is 5. The number of piperazine rings is 1. The molecule has 0 spiro atoms. The standard InChI is InChI=1S/C28H36N6O2/c1-36-28(8-2-9-30-19-28)23-5-3-20(4-6-23)22-17-26-25(7-10-31-34(26)18-22)32-11-13-33(14-12-32)27(35)21-15-24(29)16-21/h3-5,7,10,17-18,21,23,29-30H,2,6,8-9,11-16,19H2,1H3/t21?,23?,28-/m0/s1. The van der Waals surface area contributed by atoms with Crippen LogP contribution in [-0.2, 0) is 9.53 Å². The zero-order valence-electron chi connectivity index (χ0n) is 21.1. The van der Waals surface area contributed by atoms with Crippen LogP contribution in [0.25, 0.3) is 11.1 Å². The molecule has 2 aromatic rings. The molecule has 0 radical (unpaired) electrons. The predicted octanol–water partition coefficient (Wildman–Crippen LogP) is 3.14. The Bertz CT molecular complexity index is 1210. The van der Waals surface area contributed by atoms with Gasteiger partial charge in [-0.3, -0.25) is 4.79 Å². The van der Waals surface area contributed by atoms with E-state index in [0.29, 0.717) is 24.5 Å². The van der Waals surface area contributed by atoms with Gasteiger partial charge in [-0.1, -0.05) is 18.2 Å². The second kappa shape index (κ2) is 9.48. The second-order valence-electron chi connectivity index (χ2n) is 10.7. The Morgan fingerprint density at radius 2 is 2.08 bits per heavy atom. The third-order valence-corrected chi connectivity index (χ3v) is 8.65. The summed E-state index contributed by atoms with van der Waals surface area (Å²) in [7, 11) is 1.85. The van der Waals surface area contributed by atoms with Crippen LogP contribution in [0.3, 0.4) is 0 Å². The highest BCUT2D eigenvalue weighted by atomic mass is 16.5. The van der Waals surface area contributed by atoms with E-state index < -0.39 is 0 Å². The molecule has 4 heterocycles. The van der Waals surface area contributed by atoms with E-state index in [2.05, 4.69) is 51.9 Å². The average molecular weight is 489 g/mol. The zero-order chi connectivity index (χ0) is 24.7. The van der Waals surface area contributed by atoms with Crippen molar-refractivity contribution in [2.75, 3.05) is 51.3 Å². The number of hydrogen-bond acceptors (Lipinski definition) is 6. The maximum atomic E-state index is 12.7. The highest BCUT2D eigenvalue weighted by molar-refractivity contribution is 5.97. The van der Waals surface area contributed by atoms with Gasteiger partial charge in [0.25, 0.3) is 0 Å². The average Bonchev–Trinajstić information content (AvgIpc) is 3.36. The van der Waals surface area contributed by atoms with Crippen molar-refractivity contribution in [2.45, 2.75) is 37.7 Å². The van der Waals surface area contributed by atoms with Gasteiger partial charge in [0, 0.05) is 75.3 Å². The van der Waals surface area contributed by atoms with Gasteiger partial charge in [-0.05, 0) is 56.4 Å². The Kier molecular flexibility index (Phi) is 6.17. The maximum Gasteiger partial charge on any atom is 0.226 e. The molecule has 4 aliphatic rings. The monoisotopic (exact) mass is 488 g/mol. The van der Waals surface area contributed by atoms with Gasteiger partial charge in [0.05, 0.1) is 16.8 Å². The van der Waals surface area contributed by atoms with Crippen molar-refractivity contribution in [3.8, 4) is 0 Å². The van der Waals surface area contributed by atoms with Crippen molar-refractivity contribution in [3.63, 3.8) is 0 Å². The van der Waals surface area contributed by atoms with E-state index in [1.807, 2.05) is 22.7 Å². The number of fused-ring (bicyclic) bond motifs is 1. The van der Waals surface area contributed by atoms with E-state index in [0.717, 1.165) is 64.0 Å². The molecule has 36 heavy (non-hydrogen) atoms. The van der Waals surface area contributed by atoms with Gasteiger partial charge >= 0.3 is 0 Å². The number of nitrogens with one attached hydrogen (secondary N) is 2. The van der Waals surface area contributed by atoms with E-state index in [-0.39, 0.29) is 17.4 Å². The fourth-order valence-electron chi connectivity index (χ4n) is 6.33. The summed E-state index contributed by atoms with van der Waals surface area (Å²) < 4.78 is 8.02. The largest absolute Gasteiger partial charge is 0.376 e. The van der Waals surface area contributed by atoms with E-state index >= 15 is 0 Å². The van der Waals surface area contributed by atoms with Crippen LogP contribution in [0.5, 0.6) is 0 Å². The van der Waals surface area contributed by atoms with Crippen LogP contribution in [0.2, 0.25) is 0 Å². The normalized spacial score (nSPS) is 28.8. The lowest BCUT2D eigenvalue weighted by atomic mass is 9.76. The Morgan fingerprint density at radius 3 is 2.75 bits per heavy atom. The Labute approximate surface area is 212 Å². The smallest absolute Gasteiger partial charge is 0.226 e. The molecule has 2 atom stereocenters. The fourth-order valence-corrected chi connectivity index (χ4v) is 6.33. The molecule has 0 aromatic carbocycles. The van der Waals surface area contributed by atoms with Crippen molar-refractivity contribution >= 4 is 28.4 Å². The lowest BCUT2D eigenvalue weighted by Crippen LogP contribution is -2.52. The van der Waals surface area contributed by atoms with Crippen molar-refractivity contribution in [1.82, 2.24) is 19.8 Å². The van der Waals surface area contributed by atoms with Crippen LogP contribution >= 0.6 is 0 Å². The Balaban J connectivity index is 1.15. The minimum Gasteiger partial charge on any atom is -0.376 e. The van der Waals surface area contributed by atoms with Crippen molar-refractivity contribution in [2.24, 2.45) is 11.8 Å². The summed E-state index contributed by atoms with van der Waals surface area (Å²) in [5.41, 5.74) is 5.27. The zero-order valence-corrected chi connectivity index (χ0v) is 21.1. The van der Waals surface area contributed by atoms with Crippen LogP contribution in [0.15, 0.2) is 42.8 Å². The van der Waals surface area contributed by atoms with E-state index in [4.69, 9.17) is 10.1 Å². The van der Waals surface area contributed by atoms with Crippen molar-refractivity contribution in [1.29, 1.82) is 5.41 Å². The molecule has 2 N–H and O–H groups in total. The van der Waals surface area contributed by atoms with Gasteiger partial charge in [0.15, 0.2) is 0 Å². The summed E-state index contributed by atoms with van der Waals surface area (Å²) in [5, 5.41) is 15.7. The number of carbonyl (C=O) groups excluding carboxylic acids is 1. The first-order valence-electron chi connectivity index (χ1n) is 13.3. The van der Waals surface area contributed by atoms with Crippen LogP contribution < -0.4 is 10.2 Å². The number of allylic oxidation sites excluding steroid dienone is 3. The molecule has 2 aliphatic carbocycles. The van der Waals surface area contributed by atoms with E-state index in [1.165, 1.54) is 16.8 Å². The third kappa shape index (κ3) is 4.16. The molecule has 2 aromatic heterocycles. The van der Waals surface area contributed by atoms with Gasteiger partial charge in [-0.25, -0.2) is 4.52 Å². The number of aromatic nitrogens is 2. The van der Waals surface area contributed by atoms with Gasteiger partial charge in [0.2, 0.25) is 5.91 Å². The highest BCUT2D eigenvalue weighted by Gasteiger charge is 2.39. The number of ether oxygens (including phenoxy) is 1. The molecule has 3 fully saturated rings. The van der Waals surface area contributed by atoms with Crippen molar-refractivity contribution < 1.29 is 9.53 Å². The predicted molar refractivity (Wildman–Crippen MR) is 142 cm³/mol. The molecule has 1 amide bonds. The molecule has 6 rings (SSSR count). The van der Waals surface area contributed by atoms with E-state index in [9.17, 15) is 4.79 Å². The first-order valence-corrected chi connectivity index (χ1v) is 13.3. The molecule has 190 valence electrons. The lowest BCUT2D eigenvalue weighted by molar-refractivity contribution is -0.136. The summed E-state index contributed by atoms with van der Waals surface area (Å²) in [6.45, 7) is 5.08. The summed E-state index contributed by atoms with van der Waals surface area (Å²) in [4.78, 5) is 17.0. The van der Waals surface area contributed by atoms with Crippen LogP contribution in [0.1, 0.15) is 37.7 Å². The lowest BCUT2D eigenvalue weighted by Gasteiger charge is -2.42. The van der Waals surface area contributed by atoms with Gasteiger partial charge in [-0.2, -0.15) is 5.10 Å². The summed E-state index contributed by atoms with van der Waals surface area (Å²) in [6, 6.07) is 4.33. The number of hydrogen-bond donors (Lipinski definition) is 2. The molecular weight excluding hydrogens is 452 g/mol. The molecule has 2 saturated heterocycles. The number of carbonyl (C=O) groups is 1.